The molecule has 2 rings (SSSR count). The second-order valence-electron chi connectivity index (χ2n) is 4.96. The second-order valence-corrected chi connectivity index (χ2v) is 5.34. The standard InChI is InChI=1S/C14H12N2OS.C5H8O2.Cr/c17-13(11-7-3-1-4-8-11)15-16-14(18)12-9-5-2-6-10-12;1-4(6)3-5(2)7;/h1-10H,(H,15,17)(H,16,18);3,6H,1-2H3;/p-1/b;4-3-;. The molecule has 2 aromatic carbocycles. The number of nitrogens with zero attached hydrogens (tertiary/aromatic N) is 2. The topological polar surface area (TPSA) is 82.2 Å². The van der Waals surface area contributed by atoms with Gasteiger partial charge in [-0.3, -0.25) is 4.79 Å². The SMILES string of the molecule is CC(=O)/C=C(/C)O.O/C(=N\N=C(/[S-])c1ccccc1)c1ccccc1.[Cr]. The third kappa shape index (κ3) is 9.75. The van der Waals surface area contributed by atoms with Gasteiger partial charge in [0.05, 0.1) is 5.76 Å². The van der Waals surface area contributed by atoms with Gasteiger partial charge in [-0.05, 0) is 31.5 Å². The first-order valence-corrected chi connectivity index (χ1v) is 7.81. The van der Waals surface area contributed by atoms with Crippen LogP contribution < -0.4 is 0 Å². The number of carbonyl (C=O) groups is 1. The first-order chi connectivity index (χ1) is 11.9. The van der Waals surface area contributed by atoms with E-state index in [4.69, 9.17) is 17.7 Å². The Balaban J connectivity index is 0.000000673. The van der Waals surface area contributed by atoms with Crippen LogP contribution in [0.15, 0.2) is 82.7 Å². The zero-order valence-electron chi connectivity index (χ0n) is 14.4. The number of aliphatic hydroxyl groups excluding tert-OH is 2. The molecule has 0 aromatic heterocycles. The summed E-state index contributed by atoms with van der Waals surface area (Å²) in [4.78, 5) is 10.0. The van der Waals surface area contributed by atoms with E-state index < -0.39 is 0 Å². The van der Waals surface area contributed by atoms with E-state index >= 15 is 0 Å². The van der Waals surface area contributed by atoms with Gasteiger partial charge in [0, 0.05) is 29.0 Å². The normalized spacial score (nSPS) is 11.7. The molecule has 0 saturated heterocycles. The Morgan fingerprint density at radius 3 is 1.73 bits per heavy atom. The van der Waals surface area contributed by atoms with E-state index in [0.717, 1.165) is 5.56 Å². The van der Waals surface area contributed by atoms with Crippen LogP contribution in [0, 0.1) is 0 Å². The fourth-order valence-corrected chi connectivity index (χ4v) is 1.85. The van der Waals surface area contributed by atoms with E-state index in [9.17, 15) is 9.90 Å². The molecule has 0 unspecified atom stereocenters. The van der Waals surface area contributed by atoms with Gasteiger partial charge in [-0.2, -0.15) is 5.10 Å². The molecule has 2 N–H and O–H groups in total. The zero-order valence-corrected chi connectivity index (χ0v) is 16.5. The number of aliphatic hydroxyl groups is 2. The number of hydrogen-bond acceptors (Lipinski definition) is 5. The van der Waals surface area contributed by atoms with Gasteiger partial charge in [0.25, 0.3) is 0 Å². The van der Waals surface area contributed by atoms with Gasteiger partial charge >= 0.3 is 0 Å². The summed E-state index contributed by atoms with van der Waals surface area (Å²) in [5.74, 6) is -0.207. The molecule has 0 heterocycles. The summed E-state index contributed by atoms with van der Waals surface area (Å²) in [5, 5.41) is 26.0. The van der Waals surface area contributed by atoms with Crippen molar-refractivity contribution >= 4 is 29.4 Å². The van der Waals surface area contributed by atoms with Gasteiger partial charge < -0.3 is 22.8 Å². The Morgan fingerprint density at radius 1 is 0.885 bits per heavy atom. The monoisotopic (exact) mass is 407 g/mol. The van der Waals surface area contributed by atoms with Crippen molar-refractivity contribution in [3.63, 3.8) is 0 Å². The number of ketones is 1. The van der Waals surface area contributed by atoms with Gasteiger partial charge in [-0.1, -0.05) is 53.6 Å². The quantitative estimate of drug-likeness (QED) is 0.201. The summed E-state index contributed by atoms with van der Waals surface area (Å²) in [7, 11) is 0. The molecule has 0 fully saturated rings. The maximum atomic E-state index is 10.0. The van der Waals surface area contributed by atoms with Crippen molar-refractivity contribution in [2.75, 3.05) is 0 Å². The molecule has 2 aromatic rings. The van der Waals surface area contributed by atoms with E-state index in [-0.39, 0.29) is 34.8 Å². The van der Waals surface area contributed by atoms with Crippen LogP contribution in [-0.2, 0) is 34.8 Å². The Morgan fingerprint density at radius 2 is 1.35 bits per heavy atom. The van der Waals surface area contributed by atoms with Gasteiger partial charge in [0.1, 0.15) is 0 Å². The zero-order chi connectivity index (χ0) is 18.7. The largest absolute Gasteiger partial charge is 0.758 e. The van der Waals surface area contributed by atoms with Crippen LogP contribution in [0.2, 0.25) is 0 Å². The van der Waals surface area contributed by atoms with Crippen LogP contribution in [0.1, 0.15) is 25.0 Å². The molecule has 0 aliphatic carbocycles. The molecule has 5 nitrogen and oxygen atoms in total. The number of allylic oxidation sites excluding steroid dienone is 2. The van der Waals surface area contributed by atoms with E-state index in [1.807, 2.05) is 48.5 Å². The minimum Gasteiger partial charge on any atom is -0.758 e. The van der Waals surface area contributed by atoms with Crippen molar-refractivity contribution in [3.05, 3.63) is 83.6 Å². The number of hydrogen-bond donors (Lipinski definition) is 2. The number of carbonyl (C=O) groups excluding carboxylic acids is 1. The smallest absolute Gasteiger partial charge is 0.238 e. The van der Waals surface area contributed by atoms with Crippen molar-refractivity contribution in [2.24, 2.45) is 10.2 Å². The molecule has 0 radical (unpaired) electrons. The van der Waals surface area contributed by atoms with Crippen LogP contribution in [0.5, 0.6) is 0 Å². The Hall–Kier alpha value is -2.46. The van der Waals surface area contributed by atoms with Crippen LogP contribution in [-0.4, -0.2) is 26.9 Å². The van der Waals surface area contributed by atoms with Crippen molar-refractivity contribution in [3.8, 4) is 0 Å². The molecule has 0 spiro atoms. The van der Waals surface area contributed by atoms with Gasteiger partial charge in [-0.25, -0.2) is 0 Å². The molecule has 0 atom stereocenters. The van der Waals surface area contributed by atoms with E-state index in [2.05, 4.69) is 10.2 Å². The molecule has 0 amide bonds. The van der Waals surface area contributed by atoms with E-state index in [1.54, 1.807) is 12.1 Å². The molecule has 0 saturated carbocycles. The Kier molecular flexibility index (Phi) is 11.6. The average Bonchev–Trinajstić information content (AvgIpc) is 2.60. The molecular formula is C19H19CrN2O3S-. The fourth-order valence-electron chi connectivity index (χ4n) is 1.67. The van der Waals surface area contributed by atoms with Gasteiger partial charge in [0.15, 0.2) is 5.78 Å². The minimum atomic E-state index is -0.145. The van der Waals surface area contributed by atoms with Gasteiger partial charge in [0.2, 0.25) is 5.90 Å². The average molecular weight is 407 g/mol. The maximum Gasteiger partial charge on any atom is 0.238 e. The second kappa shape index (κ2) is 12.8. The molecule has 26 heavy (non-hydrogen) atoms. The Labute approximate surface area is 169 Å². The molecule has 0 aliphatic rings. The molecule has 7 heteroatoms. The molecular weight excluding hydrogens is 388 g/mol. The summed E-state index contributed by atoms with van der Waals surface area (Å²) in [6, 6.07) is 18.3. The number of benzene rings is 2. The third-order valence-corrected chi connectivity index (χ3v) is 3.02. The van der Waals surface area contributed by atoms with Crippen LogP contribution in [0.4, 0.5) is 0 Å². The first kappa shape index (κ1) is 23.5. The summed E-state index contributed by atoms with van der Waals surface area (Å²) < 4.78 is 0. The van der Waals surface area contributed by atoms with Crippen LogP contribution in [0.3, 0.4) is 0 Å². The summed E-state index contributed by atoms with van der Waals surface area (Å²) in [5.41, 5.74) is 1.41. The van der Waals surface area contributed by atoms with Crippen molar-refractivity contribution in [1.82, 2.24) is 0 Å². The van der Waals surface area contributed by atoms with Crippen molar-refractivity contribution < 1.29 is 32.4 Å². The van der Waals surface area contributed by atoms with Gasteiger partial charge in [-0.15, -0.1) is 5.10 Å². The van der Waals surface area contributed by atoms with Crippen molar-refractivity contribution in [2.45, 2.75) is 13.8 Å². The maximum absolute atomic E-state index is 10.0. The molecule has 136 valence electrons. The minimum absolute atomic E-state index is 0. The molecule has 0 bridgehead atoms. The number of rotatable bonds is 4. The summed E-state index contributed by atoms with van der Waals surface area (Å²) in [6.45, 7) is 2.85. The third-order valence-electron chi connectivity index (χ3n) is 2.70. The van der Waals surface area contributed by atoms with Crippen LogP contribution >= 0.6 is 0 Å². The fraction of sp³-hybridized carbons (Fsp3) is 0.105. The van der Waals surface area contributed by atoms with Crippen LogP contribution in [0.25, 0.3) is 0 Å². The van der Waals surface area contributed by atoms with E-state index in [1.165, 1.54) is 19.9 Å². The predicted octanol–water partition coefficient (Wildman–Crippen LogP) is 3.93. The summed E-state index contributed by atoms with van der Waals surface area (Å²) in [6.07, 6.45) is 1.17. The van der Waals surface area contributed by atoms with E-state index in [0.29, 0.717) is 10.6 Å². The summed E-state index contributed by atoms with van der Waals surface area (Å²) >= 11 is 5.10. The first-order valence-electron chi connectivity index (χ1n) is 7.40. The predicted molar refractivity (Wildman–Crippen MR) is 103 cm³/mol. The molecule has 0 aliphatic heterocycles. The Bertz CT molecular complexity index is 718. The van der Waals surface area contributed by atoms with Crippen molar-refractivity contribution in [1.29, 1.82) is 0 Å².